The highest BCUT2D eigenvalue weighted by atomic mass is 32.1. The van der Waals surface area contributed by atoms with Crippen molar-refractivity contribution in [3.05, 3.63) is 82.1 Å². The van der Waals surface area contributed by atoms with Gasteiger partial charge in [-0.3, -0.25) is 9.69 Å². The van der Waals surface area contributed by atoms with Gasteiger partial charge < -0.3 is 14.6 Å². The molecule has 36 heavy (non-hydrogen) atoms. The maximum Gasteiger partial charge on any atom is 0.273 e. The van der Waals surface area contributed by atoms with Crippen molar-refractivity contribution in [2.45, 2.75) is 31.2 Å². The average molecular weight is 507 g/mol. The van der Waals surface area contributed by atoms with E-state index in [0.717, 1.165) is 55.9 Å². The van der Waals surface area contributed by atoms with Gasteiger partial charge in [-0.1, -0.05) is 30.3 Å². The van der Waals surface area contributed by atoms with Gasteiger partial charge in [0.05, 0.1) is 11.0 Å². The third-order valence-corrected chi connectivity index (χ3v) is 8.30. The number of anilines is 1. The Morgan fingerprint density at radius 2 is 1.69 bits per heavy atom. The van der Waals surface area contributed by atoms with E-state index in [1.807, 2.05) is 28.5 Å². The summed E-state index contributed by atoms with van der Waals surface area (Å²) in [6.07, 6.45) is 3.40. The number of para-hydroxylation sites is 1. The molecule has 0 N–H and O–H groups in total. The van der Waals surface area contributed by atoms with E-state index >= 15 is 0 Å². The minimum absolute atomic E-state index is 0.0166. The normalized spacial score (nSPS) is 18.2. The Balaban J connectivity index is 1.13. The molecule has 2 saturated heterocycles. The fourth-order valence-electron chi connectivity index (χ4n) is 5.15. The number of aldehydes is 1. The van der Waals surface area contributed by atoms with Gasteiger partial charge in [0.2, 0.25) is 0 Å². The predicted molar refractivity (Wildman–Crippen MR) is 140 cm³/mol. The fraction of sp³-hybridized carbons (Fsp3) is 0.393. The van der Waals surface area contributed by atoms with Crippen LogP contribution in [0.25, 0.3) is 0 Å². The van der Waals surface area contributed by atoms with Crippen LogP contribution in [-0.4, -0.2) is 72.3 Å². The third kappa shape index (κ3) is 5.65. The maximum absolute atomic E-state index is 13.2. The molecule has 0 saturated carbocycles. The molecule has 2 aliphatic rings. The van der Waals surface area contributed by atoms with Crippen LogP contribution in [0.15, 0.2) is 60.0 Å². The van der Waals surface area contributed by atoms with Gasteiger partial charge in [0.1, 0.15) is 17.8 Å². The zero-order valence-corrected chi connectivity index (χ0v) is 21.1. The lowest BCUT2D eigenvalue weighted by atomic mass is 9.95. The Morgan fingerprint density at radius 3 is 2.36 bits per heavy atom. The molecule has 8 heteroatoms. The molecule has 3 heterocycles. The highest BCUT2D eigenvalue weighted by molar-refractivity contribution is 7.09. The molecule has 3 aromatic rings. The molecule has 2 fully saturated rings. The van der Waals surface area contributed by atoms with Gasteiger partial charge in [0.25, 0.3) is 5.91 Å². The Kier molecular flexibility index (Phi) is 7.72. The zero-order valence-electron chi connectivity index (χ0n) is 20.3. The number of aromatic nitrogens is 1. The van der Waals surface area contributed by atoms with Gasteiger partial charge in [0, 0.05) is 43.2 Å². The second-order valence-corrected chi connectivity index (χ2v) is 10.4. The number of hydrogen-bond donors (Lipinski definition) is 0. The Hall–Kier alpha value is -3.10. The number of amides is 1. The monoisotopic (exact) mass is 506 g/mol. The van der Waals surface area contributed by atoms with E-state index in [1.54, 1.807) is 23.5 Å². The van der Waals surface area contributed by atoms with Crippen LogP contribution in [0, 0.1) is 5.82 Å². The molecular weight excluding hydrogens is 475 g/mol. The summed E-state index contributed by atoms with van der Waals surface area (Å²) in [5.41, 5.74) is 2.71. The number of likely N-dealkylation sites (tertiary alicyclic amines) is 1. The largest absolute Gasteiger partial charge is 0.368 e. The second kappa shape index (κ2) is 11.3. The van der Waals surface area contributed by atoms with Crippen molar-refractivity contribution in [1.29, 1.82) is 0 Å². The number of carbonyl (C=O) groups is 2. The van der Waals surface area contributed by atoms with E-state index in [0.29, 0.717) is 31.1 Å². The van der Waals surface area contributed by atoms with Crippen LogP contribution in [0.4, 0.5) is 10.1 Å². The Morgan fingerprint density at radius 1 is 1.00 bits per heavy atom. The van der Waals surface area contributed by atoms with Gasteiger partial charge in [-0.2, -0.15) is 0 Å². The number of nitrogens with zero attached hydrogens (tertiary/aromatic N) is 4. The first kappa shape index (κ1) is 24.6. The Labute approximate surface area is 215 Å². The van der Waals surface area contributed by atoms with Crippen molar-refractivity contribution < 1.29 is 14.0 Å². The standard InChI is InChI=1S/C28H31FN4O2S/c29-23-8-6-21(7-9-23)18-25(19-34)31-12-10-22(11-13-31)27-30-26(20-36-27)28(35)33-16-14-32(15-17-33)24-4-2-1-3-5-24/h1-9,19-20,22,25H,10-18H2. The summed E-state index contributed by atoms with van der Waals surface area (Å²) < 4.78 is 13.2. The first-order chi connectivity index (χ1) is 17.6. The molecule has 0 bridgehead atoms. The van der Waals surface area contributed by atoms with Crippen LogP contribution in [0.1, 0.15) is 39.8 Å². The van der Waals surface area contributed by atoms with E-state index in [2.05, 4.69) is 21.9 Å². The SMILES string of the molecule is O=CC(Cc1ccc(F)cc1)N1CCC(c2nc(C(=O)N3CCN(c4ccccc4)CC3)cs2)CC1. The molecule has 2 aromatic carbocycles. The van der Waals surface area contributed by atoms with Crippen molar-refractivity contribution in [2.75, 3.05) is 44.2 Å². The maximum atomic E-state index is 13.2. The fourth-order valence-corrected chi connectivity index (χ4v) is 6.11. The summed E-state index contributed by atoms with van der Waals surface area (Å²) in [6.45, 7) is 4.64. The van der Waals surface area contributed by atoms with E-state index in [4.69, 9.17) is 4.98 Å². The van der Waals surface area contributed by atoms with Gasteiger partial charge in [0.15, 0.2) is 0 Å². The molecule has 1 amide bonds. The van der Waals surface area contributed by atoms with Gasteiger partial charge in [-0.25, -0.2) is 9.37 Å². The van der Waals surface area contributed by atoms with Crippen molar-refractivity contribution in [1.82, 2.24) is 14.8 Å². The highest BCUT2D eigenvalue weighted by Crippen LogP contribution is 2.31. The number of hydrogen-bond acceptors (Lipinski definition) is 6. The van der Waals surface area contributed by atoms with Crippen LogP contribution in [0.3, 0.4) is 0 Å². The lowest BCUT2D eigenvalue weighted by molar-refractivity contribution is -0.112. The number of halogens is 1. The van der Waals surface area contributed by atoms with Crippen molar-refractivity contribution in [3.63, 3.8) is 0 Å². The molecule has 0 radical (unpaired) electrons. The molecule has 188 valence electrons. The number of rotatable bonds is 7. The van der Waals surface area contributed by atoms with E-state index in [-0.39, 0.29) is 17.8 Å². The minimum Gasteiger partial charge on any atom is -0.368 e. The van der Waals surface area contributed by atoms with E-state index in [9.17, 15) is 14.0 Å². The van der Waals surface area contributed by atoms with Crippen LogP contribution in [0.2, 0.25) is 0 Å². The molecule has 2 aliphatic heterocycles. The number of carbonyl (C=O) groups excluding carboxylic acids is 2. The zero-order chi connectivity index (χ0) is 24.9. The third-order valence-electron chi connectivity index (χ3n) is 7.29. The summed E-state index contributed by atoms with van der Waals surface area (Å²) in [4.78, 5) is 36.0. The molecule has 1 aromatic heterocycles. The van der Waals surface area contributed by atoms with E-state index < -0.39 is 0 Å². The van der Waals surface area contributed by atoms with Crippen LogP contribution in [0.5, 0.6) is 0 Å². The highest BCUT2D eigenvalue weighted by Gasteiger charge is 2.29. The second-order valence-electron chi connectivity index (χ2n) is 9.53. The predicted octanol–water partition coefficient (Wildman–Crippen LogP) is 4.23. The van der Waals surface area contributed by atoms with E-state index in [1.165, 1.54) is 17.8 Å². The summed E-state index contributed by atoms with van der Waals surface area (Å²) in [5.74, 6) is 0.0572. The summed E-state index contributed by atoms with van der Waals surface area (Å²) in [5, 5.41) is 2.92. The number of benzene rings is 2. The molecule has 1 unspecified atom stereocenters. The first-order valence-corrected chi connectivity index (χ1v) is 13.5. The summed E-state index contributed by atoms with van der Waals surface area (Å²) >= 11 is 1.57. The lowest BCUT2D eigenvalue weighted by Gasteiger charge is -2.36. The van der Waals surface area contributed by atoms with Crippen LogP contribution >= 0.6 is 11.3 Å². The topological polar surface area (TPSA) is 56.8 Å². The van der Waals surface area contributed by atoms with Gasteiger partial charge in [-0.05, 0) is 62.2 Å². The number of piperazine rings is 1. The number of thiazole rings is 1. The number of piperidine rings is 1. The smallest absolute Gasteiger partial charge is 0.273 e. The van der Waals surface area contributed by atoms with Crippen molar-refractivity contribution >= 4 is 29.2 Å². The summed E-state index contributed by atoms with van der Waals surface area (Å²) in [6, 6.07) is 16.5. The summed E-state index contributed by atoms with van der Waals surface area (Å²) in [7, 11) is 0. The van der Waals surface area contributed by atoms with Crippen LogP contribution in [-0.2, 0) is 11.2 Å². The average Bonchev–Trinajstić information content (AvgIpc) is 3.43. The molecule has 6 nitrogen and oxygen atoms in total. The molecular formula is C28H31FN4O2S. The first-order valence-electron chi connectivity index (χ1n) is 12.6. The quantitative estimate of drug-likeness (QED) is 0.449. The molecule has 5 rings (SSSR count). The molecule has 0 aliphatic carbocycles. The molecule has 0 spiro atoms. The lowest BCUT2D eigenvalue weighted by Crippen LogP contribution is -2.48. The van der Waals surface area contributed by atoms with Crippen LogP contribution < -0.4 is 4.90 Å². The van der Waals surface area contributed by atoms with Gasteiger partial charge in [-0.15, -0.1) is 11.3 Å². The minimum atomic E-state index is -0.266. The Bertz CT molecular complexity index is 1150. The van der Waals surface area contributed by atoms with Crippen molar-refractivity contribution in [2.24, 2.45) is 0 Å². The van der Waals surface area contributed by atoms with Gasteiger partial charge >= 0.3 is 0 Å². The van der Waals surface area contributed by atoms with Crippen molar-refractivity contribution in [3.8, 4) is 0 Å². The molecule has 1 atom stereocenters.